The molecule has 0 amide bonds. The fourth-order valence-corrected chi connectivity index (χ4v) is 2.25. The molecule has 0 saturated carbocycles. The van der Waals surface area contributed by atoms with E-state index in [-0.39, 0.29) is 10.9 Å². The Morgan fingerprint density at radius 2 is 1.95 bits per heavy atom. The van der Waals surface area contributed by atoms with Crippen LogP contribution in [0.25, 0.3) is 16.9 Å². The van der Waals surface area contributed by atoms with Gasteiger partial charge in [0.25, 0.3) is 0 Å². The van der Waals surface area contributed by atoms with Crippen molar-refractivity contribution in [1.82, 2.24) is 19.5 Å². The number of halogens is 4. The number of hydrogen-bond donors (Lipinski definition) is 0. The standard InChI is InChI=1S/C13H8ClF3N4O/c1-7-19-9-3-2-8(22-13(15,16)17)4-10(9)21(7)12-6-18-5-11(14)20-12/h2-6H,1H3. The van der Waals surface area contributed by atoms with Crippen molar-refractivity contribution in [2.75, 3.05) is 0 Å². The van der Waals surface area contributed by atoms with E-state index in [1.807, 2.05) is 0 Å². The van der Waals surface area contributed by atoms with Gasteiger partial charge in [0.15, 0.2) is 5.82 Å². The van der Waals surface area contributed by atoms with Crippen molar-refractivity contribution in [3.05, 3.63) is 41.6 Å². The lowest BCUT2D eigenvalue weighted by Gasteiger charge is -2.09. The van der Waals surface area contributed by atoms with Crippen LogP contribution in [0.15, 0.2) is 30.6 Å². The van der Waals surface area contributed by atoms with Crippen molar-refractivity contribution in [3.8, 4) is 11.6 Å². The van der Waals surface area contributed by atoms with Crippen LogP contribution in [0.1, 0.15) is 5.82 Å². The third-order valence-corrected chi connectivity index (χ3v) is 3.03. The van der Waals surface area contributed by atoms with E-state index in [1.54, 1.807) is 11.5 Å². The quantitative estimate of drug-likeness (QED) is 0.720. The topological polar surface area (TPSA) is 52.8 Å². The summed E-state index contributed by atoms with van der Waals surface area (Å²) in [5.74, 6) is 0.559. The lowest BCUT2D eigenvalue weighted by molar-refractivity contribution is -0.274. The largest absolute Gasteiger partial charge is 0.573 e. The highest BCUT2D eigenvalue weighted by Crippen LogP contribution is 2.28. The average molecular weight is 329 g/mol. The lowest BCUT2D eigenvalue weighted by atomic mass is 10.3. The molecule has 3 rings (SSSR count). The minimum Gasteiger partial charge on any atom is -0.406 e. The molecule has 0 fully saturated rings. The van der Waals surface area contributed by atoms with Crippen LogP contribution in [0, 0.1) is 6.92 Å². The first kappa shape index (κ1) is 14.6. The van der Waals surface area contributed by atoms with Crippen LogP contribution >= 0.6 is 11.6 Å². The first-order valence-electron chi connectivity index (χ1n) is 6.06. The number of alkyl halides is 3. The Bertz CT molecular complexity index is 847. The number of nitrogens with zero attached hydrogens (tertiary/aromatic N) is 4. The second-order valence-electron chi connectivity index (χ2n) is 4.39. The lowest BCUT2D eigenvalue weighted by Crippen LogP contribution is -2.17. The summed E-state index contributed by atoms with van der Waals surface area (Å²) in [6.07, 6.45) is -1.96. The van der Waals surface area contributed by atoms with Crippen molar-refractivity contribution < 1.29 is 17.9 Å². The Hall–Kier alpha value is -2.35. The van der Waals surface area contributed by atoms with E-state index in [1.165, 1.54) is 30.6 Å². The van der Waals surface area contributed by atoms with Gasteiger partial charge in [-0.3, -0.25) is 9.55 Å². The third-order valence-electron chi connectivity index (χ3n) is 2.85. The number of aromatic nitrogens is 4. The average Bonchev–Trinajstić information content (AvgIpc) is 2.72. The maximum Gasteiger partial charge on any atom is 0.573 e. The molecule has 9 heteroatoms. The molecule has 3 aromatic rings. The molecule has 2 aromatic heterocycles. The van der Waals surface area contributed by atoms with Crippen LogP contribution in [0.2, 0.25) is 5.15 Å². The van der Waals surface area contributed by atoms with E-state index in [9.17, 15) is 13.2 Å². The van der Waals surface area contributed by atoms with Crippen molar-refractivity contribution in [3.63, 3.8) is 0 Å². The third kappa shape index (κ3) is 2.82. The summed E-state index contributed by atoms with van der Waals surface area (Å²) >= 11 is 5.80. The minimum absolute atomic E-state index is 0.168. The fourth-order valence-electron chi connectivity index (χ4n) is 2.10. The Labute approximate surface area is 127 Å². The Balaban J connectivity index is 2.17. The molecule has 0 aliphatic carbocycles. The van der Waals surface area contributed by atoms with E-state index in [4.69, 9.17) is 11.6 Å². The summed E-state index contributed by atoms with van der Waals surface area (Å²) < 4.78 is 42.5. The predicted molar refractivity (Wildman–Crippen MR) is 73.1 cm³/mol. The molecular weight excluding hydrogens is 321 g/mol. The number of hydrogen-bond acceptors (Lipinski definition) is 4. The van der Waals surface area contributed by atoms with Crippen LogP contribution in [0.3, 0.4) is 0 Å². The molecule has 0 spiro atoms. The van der Waals surface area contributed by atoms with Gasteiger partial charge >= 0.3 is 6.36 Å². The van der Waals surface area contributed by atoms with E-state index in [0.29, 0.717) is 22.7 Å². The normalized spacial score (nSPS) is 11.9. The highest BCUT2D eigenvalue weighted by atomic mass is 35.5. The minimum atomic E-state index is -4.76. The van der Waals surface area contributed by atoms with Gasteiger partial charge in [0.1, 0.15) is 16.7 Å². The Morgan fingerprint density at radius 3 is 2.64 bits per heavy atom. The second kappa shape index (κ2) is 5.13. The van der Waals surface area contributed by atoms with Crippen molar-refractivity contribution in [1.29, 1.82) is 0 Å². The molecule has 0 atom stereocenters. The van der Waals surface area contributed by atoms with Gasteiger partial charge in [0.2, 0.25) is 0 Å². The van der Waals surface area contributed by atoms with Gasteiger partial charge in [-0.25, -0.2) is 9.97 Å². The smallest absolute Gasteiger partial charge is 0.406 e. The molecule has 2 heterocycles. The van der Waals surface area contributed by atoms with Crippen LogP contribution < -0.4 is 4.74 Å². The molecule has 114 valence electrons. The van der Waals surface area contributed by atoms with E-state index in [2.05, 4.69) is 19.7 Å². The van der Waals surface area contributed by atoms with Crippen LogP contribution in [-0.4, -0.2) is 25.9 Å². The van der Waals surface area contributed by atoms with Crippen molar-refractivity contribution in [2.45, 2.75) is 13.3 Å². The van der Waals surface area contributed by atoms with Crippen LogP contribution in [0.4, 0.5) is 13.2 Å². The highest BCUT2D eigenvalue weighted by Gasteiger charge is 2.31. The number of benzene rings is 1. The summed E-state index contributed by atoms with van der Waals surface area (Å²) in [5.41, 5.74) is 0.921. The van der Waals surface area contributed by atoms with Crippen LogP contribution in [0.5, 0.6) is 5.75 Å². The van der Waals surface area contributed by atoms with Gasteiger partial charge in [0, 0.05) is 6.07 Å². The summed E-state index contributed by atoms with van der Waals surface area (Å²) in [6.45, 7) is 1.70. The first-order chi connectivity index (χ1) is 10.3. The van der Waals surface area contributed by atoms with Gasteiger partial charge in [-0.05, 0) is 19.1 Å². The fraction of sp³-hybridized carbons (Fsp3) is 0.154. The summed E-state index contributed by atoms with van der Waals surface area (Å²) in [7, 11) is 0. The molecule has 0 aliphatic rings. The number of rotatable bonds is 2. The molecule has 5 nitrogen and oxygen atoms in total. The SMILES string of the molecule is Cc1nc2ccc(OC(F)(F)F)cc2n1-c1cncc(Cl)n1. The molecule has 0 aliphatic heterocycles. The maximum absolute atomic E-state index is 12.3. The molecule has 0 saturated heterocycles. The highest BCUT2D eigenvalue weighted by molar-refractivity contribution is 6.29. The van der Waals surface area contributed by atoms with Crippen LogP contribution in [-0.2, 0) is 0 Å². The van der Waals surface area contributed by atoms with Gasteiger partial charge in [-0.1, -0.05) is 11.6 Å². The number of ether oxygens (including phenoxy) is 1. The number of imidazole rings is 1. The molecule has 0 radical (unpaired) electrons. The van der Waals surface area contributed by atoms with Gasteiger partial charge in [0.05, 0.1) is 23.4 Å². The Kier molecular flexibility index (Phi) is 3.40. The van der Waals surface area contributed by atoms with Gasteiger partial charge in [-0.15, -0.1) is 13.2 Å². The summed E-state index contributed by atoms with van der Waals surface area (Å²) in [5, 5.41) is 0.168. The predicted octanol–water partition coefficient (Wildman–Crippen LogP) is 3.68. The summed E-state index contributed by atoms with van der Waals surface area (Å²) in [4.78, 5) is 12.3. The van der Waals surface area contributed by atoms with Gasteiger partial charge in [-0.2, -0.15) is 0 Å². The van der Waals surface area contributed by atoms with E-state index in [0.717, 1.165) is 0 Å². The zero-order chi connectivity index (χ0) is 15.9. The first-order valence-corrected chi connectivity index (χ1v) is 6.44. The molecule has 0 N–H and O–H groups in total. The zero-order valence-electron chi connectivity index (χ0n) is 11.1. The number of fused-ring (bicyclic) bond motifs is 1. The second-order valence-corrected chi connectivity index (χ2v) is 4.78. The molecule has 1 aromatic carbocycles. The van der Waals surface area contributed by atoms with Crippen molar-refractivity contribution in [2.24, 2.45) is 0 Å². The molecule has 0 bridgehead atoms. The maximum atomic E-state index is 12.3. The molecular formula is C13H8ClF3N4O. The monoisotopic (exact) mass is 328 g/mol. The Morgan fingerprint density at radius 1 is 1.18 bits per heavy atom. The van der Waals surface area contributed by atoms with Crippen molar-refractivity contribution >= 4 is 22.6 Å². The number of aryl methyl sites for hydroxylation is 1. The molecule has 0 unspecified atom stereocenters. The van der Waals surface area contributed by atoms with E-state index >= 15 is 0 Å². The molecule has 22 heavy (non-hydrogen) atoms. The zero-order valence-corrected chi connectivity index (χ0v) is 11.9. The van der Waals surface area contributed by atoms with E-state index < -0.39 is 6.36 Å². The summed E-state index contributed by atoms with van der Waals surface area (Å²) in [6, 6.07) is 3.89. The van der Waals surface area contributed by atoms with Gasteiger partial charge < -0.3 is 4.74 Å².